The second-order valence-corrected chi connectivity index (χ2v) is 4.03. The highest BCUT2D eigenvalue weighted by Gasteiger charge is 2.38. The van der Waals surface area contributed by atoms with E-state index in [9.17, 15) is 4.79 Å². The summed E-state index contributed by atoms with van der Waals surface area (Å²) in [6.45, 7) is 7.98. The molecule has 1 heterocycles. The Kier molecular flexibility index (Phi) is 2.59. The van der Waals surface area contributed by atoms with E-state index in [2.05, 4.69) is 5.32 Å². The molecule has 1 rings (SSSR count). The molecule has 0 spiro atoms. The number of amides is 2. The topological polar surface area (TPSA) is 56.2 Å². The molecule has 2 N–H and O–H groups in total. The maximum Gasteiger partial charge on any atom is 0.323 e. The van der Waals surface area contributed by atoms with Gasteiger partial charge in [0.2, 0.25) is 0 Å². The van der Waals surface area contributed by atoms with Crippen LogP contribution in [0.25, 0.3) is 0 Å². The minimum absolute atomic E-state index is 0.0764. The summed E-state index contributed by atoms with van der Waals surface area (Å²) in [5, 5.41) is 10.2. The van der Waals surface area contributed by atoms with E-state index in [0.29, 0.717) is 5.84 Å². The summed E-state index contributed by atoms with van der Waals surface area (Å²) < 4.78 is 0. The first-order valence-corrected chi connectivity index (χ1v) is 4.63. The monoisotopic (exact) mass is 183 g/mol. The highest BCUT2D eigenvalue weighted by atomic mass is 16.2. The lowest BCUT2D eigenvalue weighted by Crippen LogP contribution is -2.43. The molecule has 0 saturated carbocycles. The van der Waals surface area contributed by atoms with Crippen LogP contribution in [-0.2, 0) is 0 Å². The molecule has 0 radical (unpaired) electrons. The largest absolute Gasteiger partial charge is 0.323 e. The third-order valence-corrected chi connectivity index (χ3v) is 2.26. The smallest absolute Gasteiger partial charge is 0.312 e. The summed E-state index contributed by atoms with van der Waals surface area (Å²) in [7, 11) is 0. The Morgan fingerprint density at radius 3 is 2.23 bits per heavy atom. The van der Waals surface area contributed by atoms with Gasteiger partial charge in [-0.15, -0.1) is 0 Å². The van der Waals surface area contributed by atoms with Crippen molar-refractivity contribution in [3.8, 4) is 0 Å². The van der Waals surface area contributed by atoms with E-state index in [1.807, 2.05) is 27.7 Å². The first kappa shape index (κ1) is 10.0. The van der Waals surface area contributed by atoms with E-state index in [0.717, 1.165) is 0 Å². The van der Waals surface area contributed by atoms with Crippen LogP contribution < -0.4 is 5.32 Å². The molecule has 74 valence electrons. The Hall–Kier alpha value is -1.06. The lowest BCUT2D eigenvalue weighted by Gasteiger charge is -2.28. The summed E-state index contributed by atoms with van der Waals surface area (Å²) >= 11 is 0. The number of urea groups is 1. The number of hydrogen-bond donors (Lipinski definition) is 2. The van der Waals surface area contributed by atoms with Gasteiger partial charge in [0.05, 0.1) is 6.04 Å². The molecule has 0 aliphatic carbocycles. The summed E-state index contributed by atoms with van der Waals surface area (Å²) in [6.07, 6.45) is 0. The van der Waals surface area contributed by atoms with E-state index in [1.165, 1.54) is 0 Å². The van der Waals surface area contributed by atoms with Gasteiger partial charge in [-0.3, -0.25) is 10.7 Å². The van der Waals surface area contributed by atoms with Crippen molar-refractivity contribution in [2.24, 2.45) is 5.92 Å². The average Bonchev–Trinajstić information content (AvgIpc) is 2.24. The van der Waals surface area contributed by atoms with Gasteiger partial charge < -0.3 is 4.90 Å². The van der Waals surface area contributed by atoms with Crippen molar-refractivity contribution in [2.75, 3.05) is 0 Å². The molecule has 1 aliphatic rings. The first-order chi connectivity index (χ1) is 5.95. The van der Waals surface area contributed by atoms with Crippen molar-refractivity contribution in [1.82, 2.24) is 10.2 Å². The molecule has 1 aliphatic heterocycles. The van der Waals surface area contributed by atoms with E-state index in [4.69, 9.17) is 5.41 Å². The number of carbonyl (C=O) groups is 1. The van der Waals surface area contributed by atoms with Crippen molar-refractivity contribution in [1.29, 1.82) is 5.41 Å². The third kappa shape index (κ3) is 1.66. The summed E-state index contributed by atoms with van der Waals surface area (Å²) in [5.74, 6) is 0.613. The van der Waals surface area contributed by atoms with Crippen molar-refractivity contribution in [3.63, 3.8) is 0 Å². The Balaban J connectivity index is 2.90. The van der Waals surface area contributed by atoms with Crippen molar-refractivity contribution >= 4 is 11.9 Å². The standard InChI is InChI=1S/C9H17N3O/c1-5(2)7-8(10)11-9(13)12(7)6(3)4/h5-7H,1-4H3,(H2,10,11,13). The van der Waals surface area contributed by atoms with Gasteiger partial charge in [-0.05, 0) is 19.8 Å². The molecule has 1 fully saturated rings. The lowest BCUT2D eigenvalue weighted by molar-refractivity contribution is 0.177. The number of amidine groups is 1. The molecule has 1 saturated heterocycles. The molecule has 4 heteroatoms. The minimum Gasteiger partial charge on any atom is -0.312 e. The Morgan fingerprint density at radius 2 is 1.92 bits per heavy atom. The zero-order valence-corrected chi connectivity index (χ0v) is 8.59. The van der Waals surface area contributed by atoms with Gasteiger partial charge in [-0.1, -0.05) is 13.8 Å². The molecule has 4 nitrogen and oxygen atoms in total. The van der Waals surface area contributed by atoms with Crippen LogP contribution in [0.15, 0.2) is 0 Å². The molecule has 13 heavy (non-hydrogen) atoms. The van der Waals surface area contributed by atoms with E-state index in [1.54, 1.807) is 4.90 Å². The second kappa shape index (κ2) is 3.36. The van der Waals surface area contributed by atoms with Crippen LogP contribution in [0.3, 0.4) is 0 Å². The molecule has 0 aromatic rings. The minimum atomic E-state index is -0.140. The van der Waals surface area contributed by atoms with Crippen LogP contribution in [0.5, 0.6) is 0 Å². The van der Waals surface area contributed by atoms with Crippen molar-refractivity contribution in [3.05, 3.63) is 0 Å². The number of hydrogen-bond acceptors (Lipinski definition) is 2. The maximum absolute atomic E-state index is 11.4. The number of nitrogens with one attached hydrogen (secondary N) is 2. The molecular formula is C9H17N3O. The van der Waals surface area contributed by atoms with E-state index >= 15 is 0 Å². The van der Waals surface area contributed by atoms with Crippen LogP contribution in [0.1, 0.15) is 27.7 Å². The molecule has 0 bridgehead atoms. The Morgan fingerprint density at radius 1 is 1.38 bits per heavy atom. The zero-order chi connectivity index (χ0) is 10.2. The lowest BCUT2D eigenvalue weighted by atomic mass is 10.0. The van der Waals surface area contributed by atoms with Crippen molar-refractivity contribution < 1.29 is 4.79 Å². The number of carbonyl (C=O) groups excluding carboxylic acids is 1. The van der Waals surface area contributed by atoms with E-state index < -0.39 is 0 Å². The summed E-state index contributed by atoms with van der Waals surface area (Å²) in [5.41, 5.74) is 0. The van der Waals surface area contributed by atoms with E-state index in [-0.39, 0.29) is 24.0 Å². The normalized spacial score (nSPS) is 23.2. The second-order valence-electron chi connectivity index (χ2n) is 4.03. The Bertz CT molecular complexity index is 211. The van der Waals surface area contributed by atoms with Gasteiger partial charge in [-0.2, -0.15) is 0 Å². The van der Waals surface area contributed by atoms with Crippen LogP contribution in [0.4, 0.5) is 4.79 Å². The average molecular weight is 183 g/mol. The van der Waals surface area contributed by atoms with Crippen LogP contribution in [-0.4, -0.2) is 28.9 Å². The summed E-state index contributed by atoms with van der Waals surface area (Å²) in [6, 6.07) is -0.0681. The van der Waals surface area contributed by atoms with Crippen molar-refractivity contribution in [2.45, 2.75) is 39.8 Å². The zero-order valence-electron chi connectivity index (χ0n) is 8.59. The van der Waals surface area contributed by atoms with Gasteiger partial charge in [0.25, 0.3) is 0 Å². The Labute approximate surface area is 78.8 Å². The van der Waals surface area contributed by atoms with Gasteiger partial charge in [0.15, 0.2) is 0 Å². The molecule has 1 atom stereocenters. The van der Waals surface area contributed by atoms with Crippen LogP contribution in [0.2, 0.25) is 0 Å². The molecule has 2 amide bonds. The van der Waals surface area contributed by atoms with Crippen LogP contribution in [0, 0.1) is 11.3 Å². The molecule has 0 aromatic carbocycles. The molecular weight excluding hydrogens is 166 g/mol. The first-order valence-electron chi connectivity index (χ1n) is 4.63. The fourth-order valence-corrected chi connectivity index (χ4v) is 1.73. The number of rotatable bonds is 2. The molecule has 1 unspecified atom stereocenters. The van der Waals surface area contributed by atoms with Gasteiger partial charge in [0.1, 0.15) is 5.84 Å². The summed E-state index contributed by atoms with van der Waals surface area (Å²) in [4.78, 5) is 13.1. The van der Waals surface area contributed by atoms with Gasteiger partial charge in [-0.25, -0.2) is 4.79 Å². The fraction of sp³-hybridized carbons (Fsp3) is 0.778. The van der Waals surface area contributed by atoms with Gasteiger partial charge in [0, 0.05) is 6.04 Å². The molecule has 0 aromatic heterocycles. The number of nitrogens with zero attached hydrogens (tertiary/aromatic N) is 1. The SMILES string of the molecule is CC(C)C1C(=N)NC(=O)N1C(C)C. The highest BCUT2D eigenvalue weighted by Crippen LogP contribution is 2.19. The van der Waals surface area contributed by atoms with Gasteiger partial charge >= 0.3 is 6.03 Å². The highest BCUT2D eigenvalue weighted by molar-refractivity contribution is 6.05. The predicted octanol–water partition coefficient (Wildman–Crippen LogP) is 1.42. The quantitative estimate of drug-likeness (QED) is 0.668. The fourth-order valence-electron chi connectivity index (χ4n) is 1.73. The maximum atomic E-state index is 11.4. The van der Waals surface area contributed by atoms with Crippen LogP contribution >= 0.6 is 0 Å². The third-order valence-electron chi connectivity index (χ3n) is 2.26. The predicted molar refractivity (Wildman–Crippen MR) is 51.9 cm³/mol.